The Hall–Kier alpha value is -1.29. The third-order valence-corrected chi connectivity index (χ3v) is 3.17. The maximum absolute atomic E-state index is 13.6. The molecule has 0 spiro atoms. The van der Waals surface area contributed by atoms with Gasteiger partial charge >= 0.3 is 0 Å². The fraction of sp³-hybridized carbons (Fsp3) is 0.571. The molecule has 0 amide bonds. The summed E-state index contributed by atoms with van der Waals surface area (Å²) in [5, 5.41) is 13.2. The highest BCUT2D eigenvalue weighted by Gasteiger charge is 2.21. The number of ether oxygens (including phenoxy) is 1. The van der Waals surface area contributed by atoms with Gasteiger partial charge in [0.05, 0.1) is 12.2 Å². The molecule has 1 aromatic carbocycles. The molecule has 2 N–H and O–H groups in total. The van der Waals surface area contributed by atoms with Crippen molar-refractivity contribution < 1.29 is 14.2 Å². The summed E-state index contributed by atoms with van der Waals surface area (Å²) in [5.74, 6) is -0.136. The van der Waals surface area contributed by atoms with Crippen LogP contribution in [0.15, 0.2) is 18.2 Å². The maximum Gasteiger partial charge on any atom is 0.167 e. The van der Waals surface area contributed by atoms with Crippen LogP contribution < -0.4 is 10.1 Å². The largest absolute Gasteiger partial charge is 0.491 e. The van der Waals surface area contributed by atoms with E-state index in [0.717, 1.165) is 0 Å². The molecule has 102 valence electrons. The average Bonchev–Trinajstić information content (AvgIpc) is 2.39. The van der Waals surface area contributed by atoms with Crippen molar-refractivity contribution in [1.82, 2.24) is 0 Å². The van der Waals surface area contributed by atoms with Crippen LogP contribution in [0.3, 0.4) is 0 Å². The highest BCUT2D eigenvalue weighted by Crippen LogP contribution is 2.22. The van der Waals surface area contributed by atoms with Gasteiger partial charge in [0.1, 0.15) is 0 Å². The van der Waals surface area contributed by atoms with Crippen LogP contribution in [0.2, 0.25) is 0 Å². The molecule has 0 atom stereocenters. The van der Waals surface area contributed by atoms with E-state index in [1.165, 1.54) is 6.07 Å². The minimum atomic E-state index is -0.741. The van der Waals surface area contributed by atoms with Gasteiger partial charge in [0.2, 0.25) is 0 Å². The molecule has 0 aliphatic heterocycles. The van der Waals surface area contributed by atoms with Crippen LogP contribution in [0.1, 0.15) is 33.6 Å². The molecular formula is C14H22FNO2. The van der Waals surface area contributed by atoms with Crippen molar-refractivity contribution in [2.24, 2.45) is 0 Å². The van der Waals surface area contributed by atoms with Crippen molar-refractivity contribution in [3.05, 3.63) is 24.0 Å². The zero-order chi connectivity index (χ0) is 13.6. The van der Waals surface area contributed by atoms with Crippen molar-refractivity contribution in [3.8, 4) is 5.75 Å². The molecule has 0 fully saturated rings. The Morgan fingerprint density at radius 1 is 1.28 bits per heavy atom. The van der Waals surface area contributed by atoms with Gasteiger partial charge in [0.25, 0.3) is 0 Å². The zero-order valence-electron chi connectivity index (χ0n) is 11.3. The van der Waals surface area contributed by atoms with Crippen molar-refractivity contribution in [2.75, 3.05) is 18.5 Å². The molecule has 0 saturated heterocycles. The number of benzene rings is 1. The molecule has 0 aromatic heterocycles. The van der Waals surface area contributed by atoms with E-state index in [0.29, 0.717) is 31.7 Å². The Morgan fingerprint density at radius 2 is 1.94 bits per heavy atom. The van der Waals surface area contributed by atoms with E-state index < -0.39 is 11.4 Å². The summed E-state index contributed by atoms with van der Waals surface area (Å²) in [6, 6.07) is 4.73. The van der Waals surface area contributed by atoms with Crippen molar-refractivity contribution in [3.63, 3.8) is 0 Å². The first-order chi connectivity index (χ1) is 8.54. The highest BCUT2D eigenvalue weighted by molar-refractivity contribution is 5.47. The summed E-state index contributed by atoms with van der Waals surface area (Å²) >= 11 is 0. The second-order valence-corrected chi connectivity index (χ2v) is 4.36. The smallest absolute Gasteiger partial charge is 0.167 e. The molecule has 0 saturated carbocycles. The zero-order valence-corrected chi connectivity index (χ0v) is 11.3. The summed E-state index contributed by atoms with van der Waals surface area (Å²) < 4.78 is 18.7. The fourth-order valence-electron chi connectivity index (χ4n) is 1.65. The molecule has 0 heterocycles. The first-order valence-electron chi connectivity index (χ1n) is 6.43. The van der Waals surface area contributed by atoms with Crippen LogP contribution in [0.25, 0.3) is 0 Å². The molecule has 0 aliphatic rings. The Balaban J connectivity index is 2.66. The molecule has 0 aliphatic carbocycles. The van der Waals surface area contributed by atoms with Gasteiger partial charge in [-0.3, -0.25) is 0 Å². The summed E-state index contributed by atoms with van der Waals surface area (Å²) in [6.45, 7) is 6.53. The molecule has 0 radical (unpaired) electrons. The van der Waals surface area contributed by atoms with Gasteiger partial charge in [-0.25, -0.2) is 4.39 Å². The van der Waals surface area contributed by atoms with Gasteiger partial charge in [-0.05, 0) is 31.9 Å². The standard InChI is InChI=1S/C14H22FNO2/c1-4-14(17,5-2)10-16-11-7-8-13(18-6-3)12(15)9-11/h7-9,16-17H,4-6,10H2,1-3H3. The van der Waals surface area contributed by atoms with E-state index >= 15 is 0 Å². The highest BCUT2D eigenvalue weighted by atomic mass is 19.1. The molecule has 1 rings (SSSR count). The minimum Gasteiger partial charge on any atom is -0.491 e. The number of rotatable bonds is 7. The summed E-state index contributed by atoms with van der Waals surface area (Å²) in [7, 11) is 0. The molecule has 0 bridgehead atoms. The summed E-state index contributed by atoms with van der Waals surface area (Å²) in [5.41, 5.74) is -0.0917. The lowest BCUT2D eigenvalue weighted by atomic mass is 9.97. The van der Waals surface area contributed by atoms with Crippen molar-refractivity contribution >= 4 is 5.69 Å². The lowest BCUT2D eigenvalue weighted by Gasteiger charge is -2.26. The van der Waals surface area contributed by atoms with E-state index in [9.17, 15) is 9.50 Å². The van der Waals surface area contributed by atoms with E-state index in [1.807, 2.05) is 20.8 Å². The Kier molecular flexibility index (Phi) is 5.41. The monoisotopic (exact) mass is 255 g/mol. The van der Waals surface area contributed by atoms with Crippen LogP contribution in [-0.2, 0) is 0 Å². The maximum atomic E-state index is 13.6. The lowest BCUT2D eigenvalue weighted by molar-refractivity contribution is 0.0457. The van der Waals surface area contributed by atoms with Gasteiger partial charge < -0.3 is 15.2 Å². The average molecular weight is 255 g/mol. The van der Waals surface area contributed by atoms with E-state index in [-0.39, 0.29) is 5.75 Å². The van der Waals surface area contributed by atoms with Crippen molar-refractivity contribution in [1.29, 1.82) is 0 Å². The number of aliphatic hydroxyl groups is 1. The van der Waals surface area contributed by atoms with Gasteiger partial charge in [0.15, 0.2) is 11.6 Å². The normalized spacial score (nSPS) is 11.4. The lowest BCUT2D eigenvalue weighted by Crippen LogP contribution is -2.35. The Bertz CT molecular complexity index is 378. The minimum absolute atomic E-state index is 0.254. The van der Waals surface area contributed by atoms with Crippen LogP contribution in [0.5, 0.6) is 5.75 Å². The predicted molar refractivity (Wildman–Crippen MR) is 71.6 cm³/mol. The third kappa shape index (κ3) is 3.88. The summed E-state index contributed by atoms with van der Waals surface area (Å²) in [6.07, 6.45) is 1.33. The first-order valence-corrected chi connectivity index (χ1v) is 6.43. The van der Waals surface area contributed by atoms with Crippen LogP contribution in [0, 0.1) is 5.82 Å². The molecule has 3 nitrogen and oxygen atoms in total. The van der Waals surface area contributed by atoms with Gasteiger partial charge in [0, 0.05) is 18.3 Å². The second kappa shape index (κ2) is 6.59. The second-order valence-electron chi connectivity index (χ2n) is 4.36. The number of nitrogens with one attached hydrogen (secondary N) is 1. The third-order valence-electron chi connectivity index (χ3n) is 3.17. The molecule has 1 aromatic rings. The Labute approximate surface area is 108 Å². The molecular weight excluding hydrogens is 233 g/mol. The molecule has 4 heteroatoms. The Morgan fingerprint density at radius 3 is 2.44 bits per heavy atom. The molecule has 18 heavy (non-hydrogen) atoms. The van der Waals surface area contributed by atoms with Crippen LogP contribution in [0.4, 0.5) is 10.1 Å². The molecule has 0 unspecified atom stereocenters. The van der Waals surface area contributed by atoms with Gasteiger partial charge in [-0.2, -0.15) is 0 Å². The number of hydrogen-bond acceptors (Lipinski definition) is 3. The predicted octanol–water partition coefficient (Wildman–Crippen LogP) is 3.19. The summed E-state index contributed by atoms with van der Waals surface area (Å²) in [4.78, 5) is 0. The van der Waals surface area contributed by atoms with E-state index in [4.69, 9.17) is 4.74 Å². The van der Waals surface area contributed by atoms with E-state index in [1.54, 1.807) is 12.1 Å². The first kappa shape index (κ1) is 14.8. The number of hydrogen-bond donors (Lipinski definition) is 2. The SMILES string of the molecule is CCOc1ccc(NCC(O)(CC)CC)cc1F. The van der Waals surface area contributed by atoms with Crippen LogP contribution in [-0.4, -0.2) is 23.9 Å². The number of halogens is 1. The quantitative estimate of drug-likeness (QED) is 0.786. The van der Waals surface area contributed by atoms with Gasteiger partial charge in [-0.15, -0.1) is 0 Å². The van der Waals surface area contributed by atoms with Crippen molar-refractivity contribution in [2.45, 2.75) is 39.2 Å². The van der Waals surface area contributed by atoms with Gasteiger partial charge in [-0.1, -0.05) is 13.8 Å². The fourth-order valence-corrected chi connectivity index (χ4v) is 1.65. The number of anilines is 1. The van der Waals surface area contributed by atoms with Crippen LogP contribution >= 0.6 is 0 Å². The topological polar surface area (TPSA) is 41.5 Å². The van der Waals surface area contributed by atoms with E-state index in [2.05, 4.69) is 5.32 Å².